The molecule has 0 spiro atoms. The Kier molecular flexibility index (Phi) is 2.34. The summed E-state index contributed by atoms with van der Waals surface area (Å²) >= 11 is 0. The summed E-state index contributed by atoms with van der Waals surface area (Å²) in [5.74, 6) is 0. The first kappa shape index (κ1) is 8.33. The summed E-state index contributed by atoms with van der Waals surface area (Å²) in [7, 11) is 5.30. The highest BCUT2D eigenvalue weighted by Crippen LogP contribution is 2.14. The molecule has 0 N–H and O–H groups in total. The van der Waals surface area contributed by atoms with Gasteiger partial charge in [0, 0.05) is 30.0 Å². The van der Waals surface area contributed by atoms with E-state index in [-0.39, 0.29) is 0 Å². The van der Waals surface area contributed by atoms with E-state index in [1.54, 1.807) is 0 Å². The highest BCUT2D eigenvalue weighted by molar-refractivity contribution is 6.32. The lowest BCUT2D eigenvalue weighted by Gasteiger charge is -2.15. The minimum absolute atomic E-state index is 1.15. The van der Waals surface area contributed by atoms with Gasteiger partial charge >= 0.3 is 0 Å². The largest absolute Gasteiger partial charge is 0.377 e. The molecule has 1 nitrogen and oxygen atoms in total. The molecule has 11 heavy (non-hydrogen) atoms. The van der Waals surface area contributed by atoms with Gasteiger partial charge in [-0.15, -0.1) is 0 Å². The van der Waals surface area contributed by atoms with E-state index in [0.29, 0.717) is 0 Å². The monoisotopic (exact) mass is 165 g/mol. The Bertz CT molecular complexity index is 256. The van der Waals surface area contributed by atoms with E-state index >= 15 is 0 Å². The SMILES string of the molecule is Cc1cc([SiH3])ccc1N(C)C. The van der Waals surface area contributed by atoms with Gasteiger partial charge in [-0.2, -0.15) is 0 Å². The Labute approximate surface area is 71.5 Å². The normalized spacial score (nSPS) is 10.1. The lowest BCUT2D eigenvalue weighted by molar-refractivity contribution is 1.12. The van der Waals surface area contributed by atoms with Crippen molar-refractivity contribution in [3.05, 3.63) is 23.8 Å². The predicted octanol–water partition coefficient (Wildman–Crippen LogP) is 0.0517. The molecular weight excluding hydrogens is 150 g/mol. The minimum Gasteiger partial charge on any atom is -0.377 e. The lowest BCUT2D eigenvalue weighted by Crippen LogP contribution is -2.12. The molecule has 0 saturated carbocycles. The Balaban J connectivity index is 3.09. The van der Waals surface area contributed by atoms with Gasteiger partial charge in [0.2, 0.25) is 0 Å². The standard InChI is InChI=1S/C9H15NSi/c1-7-6-8(11)4-5-9(7)10(2)3/h4-6H,1-3,11H3. The molecule has 0 unspecified atom stereocenters. The molecule has 0 atom stereocenters. The molecule has 0 amide bonds. The van der Waals surface area contributed by atoms with Crippen molar-refractivity contribution in [2.24, 2.45) is 0 Å². The molecule has 1 aromatic carbocycles. The highest BCUT2D eigenvalue weighted by Gasteiger charge is 1.98. The number of rotatable bonds is 1. The van der Waals surface area contributed by atoms with Gasteiger partial charge in [-0.25, -0.2) is 0 Å². The van der Waals surface area contributed by atoms with E-state index in [1.165, 1.54) is 16.4 Å². The summed E-state index contributed by atoms with van der Waals surface area (Å²) in [4.78, 5) is 2.15. The molecule has 60 valence electrons. The Morgan fingerprint density at radius 3 is 2.36 bits per heavy atom. The van der Waals surface area contributed by atoms with Crippen molar-refractivity contribution in [2.45, 2.75) is 6.92 Å². The fourth-order valence-electron chi connectivity index (χ4n) is 1.31. The molecule has 1 rings (SSSR count). The second-order valence-corrected chi connectivity index (χ2v) is 4.34. The van der Waals surface area contributed by atoms with Crippen molar-refractivity contribution in [1.82, 2.24) is 0 Å². The predicted molar refractivity (Wildman–Crippen MR) is 55.1 cm³/mol. The van der Waals surface area contributed by atoms with Crippen LogP contribution >= 0.6 is 0 Å². The summed E-state index contributed by atoms with van der Waals surface area (Å²) in [6.45, 7) is 2.16. The van der Waals surface area contributed by atoms with Crippen molar-refractivity contribution in [1.29, 1.82) is 0 Å². The molecule has 0 radical (unpaired) electrons. The topological polar surface area (TPSA) is 3.24 Å². The summed E-state index contributed by atoms with van der Waals surface area (Å²) in [6.07, 6.45) is 0. The third kappa shape index (κ3) is 1.83. The van der Waals surface area contributed by atoms with Crippen molar-refractivity contribution in [3.63, 3.8) is 0 Å². The van der Waals surface area contributed by atoms with E-state index in [2.05, 4.69) is 44.1 Å². The highest BCUT2D eigenvalue weighted by atomic mass is 28.1. The molecule has 0 bridgehead atoms. The van der Waals surface area contributed by atoms with Gasteiger partial charge in [0.25, 0.3) is 0 Å². The lowest BCUT2D eigenvalue weighted by atomic mass is 10.2. The molecule has 2 heteroatoms. The molecule has 0 saturated heterocycles. The second-order valence-electron chi connectivity index (χ2n) is 3.18. The molecular formula is C9H15NSi. The molecule has 0 aliphatic rings. The third-order valence-electron chi connectivity index (χ3n) is 1.83. The van der Waals surface area contributed by atoms with Crippen LogP contribution in [0.25, 0.3) is 0 Å². The van der Waals surface area contributed by atoms with Crippen LogP contribution in [0.2, 0.25) is 0 Å². The van der Waals surface area contributed by atoms with Gasteiger partial charge < -0.3 is 4.90 Å². The molecule has 1 aromatic rings. The number of hydrogen-bond acceptors (Lipinski definition) is 1. The number of anilines is 1. The average molecular weight is 165 g/mol. The fraction of sp³-hybridized carbons (Fsp3) is 0.333. The Morgan fingerprint density at radius 2 is 1.91 bits per heavy atom. The van der Waals surface area contributed by atoms with Gasteiger partial charge in [0.1, 0.15) is 0 Å². The van der Waals surface area contributed by atoms with Crippen LogP contribution in [0.1, 0.15) is 5.56 Å². The molecule has 0 heterocycles. The van der Waals surface area contributed by atoms with Crippen LogP contribution in [0.3, 0.4) is 0 Å². The molecule has 0 aromatic heterocycles. The van der Waals surface area contributed by atoms with Gasteiger partial charge in [-0.05, 0) is 18.6 Å². The van der Waals surface area contributed by atoms with Crippen molar-refractivity contribution >= 4 is 21.1 Å². The summed E-state index contributed by atoms with van der Waals surface area (Å²) < 4.78 is 0. The zero-order valence-electron chi connectivity index (χ0n) is 7.68. The second kappa shape index (κ2) is 3.09. The van der Waals surface area contributed by atoms with Gasteiger partial charge in [0.05, 0.1) is 0 Å². The van der Waals surface area contributed by atoms with Crippen molar-refractivity contribution in [3.8, 4) is 0 Å². The van der Waals surface area contributed by atoms with Gasteiger partial charge in [-0.3, -0.25) is 0 Å². The van der Waals surface area contributed by atoms with Crippen LogP contribution in [-0.2, 0) is 0 Å². The van der Waals surface area contributed by atoms with E-state index in [4.69, 9.17) is 0 Å². The van der Waals surface area contributed by atoms with E-state index in [1.807, 2.05) is 0 Å². The van der Waals surface area contributed by atoms with E-state index in [0.717, 1.165) is 10.2 Å². The fourth-order valence-corrected chi connectivity index (χ4v) is 1.91. The third-order valence-corrected chi connectivity index (χ3v) is 2.46. The maximum Gasteiger partial charge on any atom is 0.0390 e. The van der Waals surface area contributed by atoms with E-state index in [9.17, 15) is 0 Å². The zero-order chi connectivity index (χ0) is 8.43. The van der Waals surface area contributed by atoms with Gasteiger partial charge in [0.15, 0.2) is 0 Å². The van der Waals surface area contributed by atoms with Crippen molar-refractivity contribution in [2.75, 3.05) is 19.0 Å². The van der Waals surface area contributed by atoms with Crippen LogP contribution in [0.5, 0.6) is 0 Å². The average Bonchev–Trinajstić information content (AvgIpc) is 1.85. The Hall–Kier alpha value is -0.763. The van der Waals surface area contributed by atoms with Crippen LogP contribution in [0.15, 0.2) is 18.2 Å². The number of hydrogen-bond donors (Lipinski definition) is 0. The quantitative estimate of drug-likeness (QED) is 0.532. The van der Waals surface area contributed by atoms with Crippen LogP contribution in [0, 0.1) is 6.92 Å². The first-order chi connectivity index (χ1) is 5.11. The Morgan fingerprint density at radius 1 is 1.27 bits per heavy atom. The maximum absolute atomic E-state index is 2.27. The van der Waals surface area contributed by atoms with Crippen LogP contribution < -0.4 is 10.1 Å². The maximum atomic E-state index is 2.27. The number of benzene rings is 1. The molecule has 0 aliphatic heterocycles. The van der Waals surface area contributed by atoms with Crippen molar-refractivity contribution < 1.29 is 0 Å². The van der Waals surface area contributed by atoms with Gasteiger partial charge in [-0.1, -0.05) is 17.3 Å². The number of nitrogens with zero attached hydrogens (tertiary/aromatic N) is 1. The zero-order valence-corrected chi connectivity index (χ0v) is 9.68. The van der Waals surface area contributed by atoms with E-state index < -0.39 is 0 Å². The molecule has 0 fully saturated rings. The summed E-state index contributed by atoms with van der Waals surface area (Å²) in [5, 5.41) is 1.47. The van der Waals surface area contributed by atoms with Crippen LogP contribution in [-0.4, -0.2) is 24.3 Å². The first-order valence-electron chi connectivity index (χ1n) is 3.86. The summed E-state index contributed by atoms with van der Waals surface area (Å²) in [5.41, 5.74) is 2.70. The number of aryl methyl sites for hydroxylation is 1. The molecule has 0 aliphatic carbocycles. The minimum atomic E-state index is 1.15. The van der Waals surface area contributed by atoms with Crippen LogP contribution in [0.4, 0.5) is 5.69 Å². The first-order valence-corrected chi connectivity index (χ1v) is 4.86. The summed E-state index contributed by atoms with van der Waals surface area (Å²) in [6, 6.07) is 6.66. The smallest absolute Gasteiger partial charge is 0.0390 e.